The molecule has 4 aliphatic rings. The Morgan fingerprint density at radius 2 is 1.60 bits per heavy atom. The fourth-order valence-corrected chi connectivity index (χ4v) is 8.65. The molecule has 4 aliphatic carbocycles. The van der Waals surface area contributed by atoms with E-state index < -0.39 is 11.5 Å². The first-order chi connectivity index (χ1) is 16.2. The summed E-state index contributed by atoms with van der Waals surface area (Å²) in [6, 6.07) is 2.18. The van der Waals surface area contributed by atoms with Crippen molar-refractivity contribution in [1.82, 2.24) is 0 Å². The first-order valence-electron chi connectivity index (χ1n) is 13.9. The van der Waals surface area contributed by atoms with E-state index in [0.717, 1.165) is 51.4 Å². The minimum absolute atomic E-state index is 0.0285. The Morgan fingerprint density at radius 1 is 0.971 bits per heavy atom. The first kappa shape index (κ1) is 26.6. The lowest BCUT2D eigenvalue weighted by Gasteiger charge is -2.65. The topological polar surface area (TPSA) is 81.3 Å². The summed E-state index contributed by atoms with van der Waals surface area (Å²) >= 11 is 0. The molecule has 0 aromatic carbocycles. The van der Waals surface area contributed by atoms with Crippen LogP contribution in [-0.2, 0) is 4.79 Å². The molecule has 0 aromatic heterocycles. The average molecular weight is 482 g/mol. The van der Waals surface area contributed by atoms with Crippen molar-refractivity contribution in [2.75, 3.05) is 6.61 Å². The van der Waals surface area contributed by atoms with Crippen LogP contribution in [0, 0.1) is 56.2 Å². The number of aliphatic hydroxyl groups is 2. The molecule has 4 nitrogen and oxygen atoms in total. The summed E-state index contributed by atoms with van der Waals surface area (Å²) in [7, 11) is 0. The van der Waals surface area contributed by atoms with Crippen LogP contribution in [0.5, 0.6) is 0 Å². The number of hydrogen-bond acceptors (Lipinski definition) is 4. The van der Waals surface area contributed by atoms with Crippen LogP contribution < -0.4 is 0 Å². The number of fused-ring (bicyclic) bond motifs is 5. The largest absolute Gasteiger partial charge is 0.396 e. The van der Waals surface area contributed by atoms with Crippen molar-refractivity contribution < 1.29 is 15.0 Å². The van der Waals surface area contributed by atoms with Crippen LogP contribution >= 0.6 is 0 Å². The molecule has 0 amide bonds. The number of hydrogen-bond donors (Lipinski definition) is 2. The van der Waals surface area contributed by atoms with E-state index in [-0.39, 0.29) is 57.4 Å². The molecule has 35 heavy (non-hydrogen) atoms. The minimum atomic E-state index is -0.541. The molecular formula is C31H47NO3. The Kier molecular flexibility index (Phi) is 6.51. The van der Waals surface area contributed by atoms with Crippen molar-refractivity contribution in [3.63, 3.8) is 0 Å². The van der Waals surface area contributed by atoms with Gasteiger partial charge in [-0.2, -0.15) is 5.26 Å². The quantitative estimate of drug-likeness (QED) is 0.426. The molecule has 0 heterocycles. The Bertz CT molecular complexity index is 988. The molecule has 0 bridgehead atoms. The van der Waals surface area contributed by atoms with Gasteiger partial charge in [-0.25, -0.2) is 0 Å². The summed E-state index contributed by atoms with van der Waals surface area (Å²) in [4.78, 5) is 12.9. The van der Waals surface area contributed by atoms with E-state index in [4.69, 9.17) is 0 Å². The van der Waals surface area contributed by atoms with Gasteiger partial charge >= 0.3 is 0 Å². The second kappa shape index (κ2) is 8.56. The fourth-order valence-electron chi connectivity index (χ4n) is 8.65. The Labute approximate surface area is 212 Å². The van der Waals surface area contributed by atoms with Crippen molar-refractivity contribution in [1.29, 1.82) is 5.26 Å². The van der Waals surface area contributed by atoms with E-state index in [2.05, 4.69) is 53.7 Å². The predicted molar refractivity (Wildman–Crippen MR) is 139 cm³/mol. The molecule has 194 valence electrons. The van der Waals surface area contributed by atoms with Crippen molar-refractivity contribution in [3.8, 4) is 6.07 Å². The van der Waals surface area contributed by atoms with Crippen molar-refractivity contribution in [2.45, 2.75) is 106 Å². The van der Waals surface area contributed by atoms with Crippen LogP contribution in [0.2, 0.25) is 0 Å². The fraction of sp³-hybridized carbons (Fsp3) is 0.806. The third-order valence-electron chi connectivity index (χ3n) is 11.7. The molecule has 2 N–H and O–H groups in total. The number of nitrogens with zero attached hydrogens (tertiary/aromatic N) is 1. The maximum absolute atomic E-state index is 12.9. The van der Waals surface area contributed by atoms with Crippen LogP contribution in [0.15, 0.2) is 23.3 Å². The van der Waals surface area contributed by atoms with Gasteiger partial charge in [-0.05, 0) is 84.9 Å². The molecule has 0 saturated heterocycles. The highest BCUT2D eigenvalue weighted by Gasteiger charge is 2.63. The van der Waals surface area contributed by atoms with Crippen molar-refractivity contribution in [2.24, 2.45) is 44.8 Å². The average Bonchev–Trinajstić information content (AvgIpc) is 2.80. The van der Waals surface area contributed by atoms with Crippen LogP contribution in [0.25, 0.3) is 0 Å². The Morgan fingerprint density at radius 3 is 2.23 bits per heavy atom. The molecule has 0 aliphatic heterocycles. The van der Waals surface area contributed by atoms with Gasteiger partial charge in [-0.15, -0.1) is 0 Å². The standard InChI is InChI=1S/C31H47NO3/c1-20-22-9-11-31(7)25(29(22,5)17-21(18-32)26(20)35)16-24(34)23-8-10-27(2,3)12-13-28(4,19-33)14-15-30(23,31)6/h16-17,20,22-24,33-34H,8-15,19H2,1-7H3/t20-,22-,23?,24+,28-,29-,30+,31+/m0/s1. The highest BCUT2D eigenvalue weighted by molar-refractivity contribution is 6.02. The molecule has 2 fully saturated rings. The molecule has 0 radical (unpaired) electrons. The molecule has 1 unspecified atom stereocenters. The van der Waals surface area contributed by atoms with Crippen LogP contribution in [0.1, 0.15) is 99.8 Å². The Balaban J connectivity index is 1.86. The van der Waals surface area contributed by atoms with E-state index in [9.17, 15) is 20.3 Å². The SMILES string of the molecule is C[C@@H]1C(=O)C(C#N)=C[C@]2(C)C3=C[C@@H](O)C4CCC(C)(C)CC[C@](C)(CO)CC[C@@]4(C)[C@]3(C)CC[C@@H]12. The van der Waals surface area contributed by atoms with Gasteiger partial charge in [0.1, 0.15) is 6.07 Å². The summed E-state index contributed by atoms with van der Waals surface area (Å²) in [6.45, 7) is 16.1. The van der Waals surface area contributed by atoms with Gasteiger partial charge in [0, 0.05) is 17.9 Å². The lowest BCUT2D eigenvalue weighted by atomic mass is 9.39. The molecule has 2 saturated carbocycles. The summed E-state index contributed by atoms with van der Waals surface area (Å²) in [5.74, 6) is 0.0910. The maximum atomic E-state index is 12.9. The van der Waals surface area contributed by atoms with Gasteiger partial charge in [-0.3, -0.25) is 4.79 Å². The minimum Gasteiger partial charge on any atom is -0.396 e. The van der Waals surface area contributed by atoms with Gasteiger partial charge < -0.3 is 10.2 Å². The summed E-state index contributed by atoms with van der Waals surface area (Å²) in [5.41, 5.74) is 0.886. The second-order valence-corrected chi connectivity index (χ2v) is 14.3. The van der Waals surface area contributed by atoms with Crippen LogP contribution in [-0.4, -0.2) is 28.7 Å². The summed E-state index contributed by atoms with van der Waals surface area (Å²) in [6.07, 6.45) is 11.6. The van der Waals surface area contributed by atoms with Crippen molar-refractivity contribution in [3.05, 3.63) is 23.3 Å². The number of carbonyl (C=O) groups excluding carboxylic acids is 1. The maximum Gasteiger partial charge on any atom is 0.176 e. The predicted octanol–water partition coefficient (Wildman–Crippen LogP) is 6.38. The first-order valence-corrected chi connectivity index (χ1v) is 13.9. The molecule has 0 aromatic rings. The smallest absolute Gasteiger partial charge is 0.176 e. The number of allylic oxidation sites excluding steroid dienone is 3. The molecule has 8 atom stereocenters. The Hall–Kier alpha value is -1.44. The zero-order chi connectivity index (χ0) is 26.0. The monoisotopic (exact) mass is 481 g/mol. The van der Waals surface area contributed by atoms with Gasteiger partial charge in [-0.1, -0.05) is 66.2 Å². The lowest BCUT2D eigenvalue weighted by molar-refractivity contribution is -0.126. The van der Waals surface area contributed by atoms with Gasteiger partial charge in [0.15, 0.2) is 5.78 Å². The normalized spacial score (nSPS) is 47.8. The number of nitriles is 1. The lowest BCUT2D eigenvalue weighted by Crippen LogP contribution is -2.59. The van der Waals surface area contributed by atoms with E-state index in [0.29, 0.717) is 0 Å². The number of carbonyl (C=O) groups is 1. The van der Waals surface area contributed by atoms with Crippen LogP contribution in [0.3, 0.4) is 0 Å². The second-order valence-electron chi connectivity index (χ2n) is 14.3. The number of Topliss-reactive ketones (excluding diaryl/α,β-unsaturated/α-hetero) is 1. The third kappa shape index (κ3) is 3.97. The molecular weight excluding hydrogens is 434 g/mol. The zero-order valence-corrected chi connectivity index (χ0v) is 23.1. The van der Waals surface area contributed by atoms with E-state index in [1.165, 1.54) is 5.57 Å². The van der Waals surface area contributed by atoms with Gasteiger partial charge in [0.05, 0.1) is 11.7 Å². The van der Waals surface area contributed by atoms with E-state index in [1.54, 1.807) is 0 Å². The highest BCUT2D eigenvalue weighted by Crippen LogP contribution is 2.70. The molecule has 4 rings (SSSR count). The van der Waals surface area contributed by atoms with E-state index >= 15 is 0 Å². The van der Waals surface area contributed by atoms with Gasteiger partial charge in [0.25, 0.3) is 0 Å². The highest BCUT2D eigenvalue weighted by atomic mass is 16.3. The molecule has 0 spiro atoms. The van der Waals surface area contributed by atoms with E-state index in [1.807, 2.05) is 13.0 Å². The van der Waals surface area contributed by atoms with Gasteiger partial charge in [0.2, 0.25) is 0 Å². The number of ketones is 1. The summed E-state index contributed by atoms with van der Waals surface area (Å²) in [5, 5.41) is 31.9. The van der Waals surface area contributed by atoms with Crippen molar-refractivity contribution >= 4 is 5.78 Å². The zero-order valence-electron chi connectivity index (χ0n) is 23.1. The number of aliphatic hydroxyl groups excluding tert-OH is 2. The number of rotatable bonds is 1. The molecule has 4 heteroatoms. The summed E-state index contributed by atoms with van der Waals surface area (Å²) < 4.78 is 0. The third-order valence-corrected chi connectivity index (χ3v) is 11.7. The van der Waals surface area contributed by atoms with Crippen LogP contribution in [0.4, 0.5) is 0 Å².